The molecule has 0 aliphatic rings. The minimum atomic E-state index is -1.83. The number of benzene rings is 2. The van der Waals surface area contributed by atoms with E-state index in [1.54, 1.807) is 0 Å². The Hall–Kier alpha value is -1.99. The Morgan fingerprint density at radius 1 is 0.542 bits per heavy atom. The van der Waals surface area contributed by atoms with Crippen LogP contribution in [0.2, 0.25) is 0 Å². The molecule has 0 aliphatic heterocycles. The zero-order valence-electron chi connectivity index (χ0n) is 11.7. The van der Waals surface area contributed by atoms with Crippen molar-refractivity contribution in [1.29, 1.82) is 0 Å². The molecular weight excluding hydrogens is 392 g/mol. The summed E-state index contributed by atoms with van der Waals surface area (Å²) in [5, 5.41) is 36.6. The number of aromatic carboxylic acids is 4. The molecule has 2 aromatic carbocycles. The number of carbonyl (C=O) groups is 4. The topological polar surface area (TPSA) is 149 Å². The molecule has 0 saturated heterocycles. The predicted octanol–water partition coefficient (Wildman–Crippen LogP) is 1.63. The van der Waals surface area contributed by atoms with Gasteiger partial charge in [-0.2, -0.15) is 0 Å². The normalized spacial score (nSPS) is 9.50. The number of fused-ring (bicyclic) bond motifs is 1. The van der Waals surface area contributed by atoms with Gasteiger partial charge in [-0.05, 0) is 10.8 Å². The van der Waals surface area contributed by atoms with Crippen LogP contribution in [-0.2, 0) is 43.4 Å². The van der Waals surface area contributed by atoms with Gasteiger partial charge in [0.15, 0.2) is 0 Å². The van der Waals surface area contributed by atoms with E-state index in [0.717, 1.165) is 0 Å². The van der Waals surface area contributed by atoms with Gasteiger partial charge >= 0.3 is 23.9 Å². The molecule has 0 atom stereocenters. The fraction of sp³-hybridized carbons (Fsp3) is 0. The molecule has 8 nitrogen and oxygen atoms in total. The van der Waals surface area contributed by atoms with E-state index in [2.05, 4.69) is 0 Å². The molecule has 0 bridgehead atoms. The largest absolute Gasteiger partial charge is 0.478 e. The van der Waals surface area contributed by atoms with Gasteiger partial charge in [-0.3, -0.25) is 0 Å². The first-order valence-corrected chi connectivity index (χ1v) is 5.79. The van der Waals surface area contributed by atoms with Crippen molar-refractivity contribution in [2.45, 2.75) is 0 Å². The van der Waals surface area contributed by atoms with Crippen LogP contribution in [0.15, 0.2) is 24.3 Å². The Morgan fingerprint density at radius 2 is 0.792 bits per heavy atom. The van der Waals surface area contributed by atoms with E-state index in [4.69, 9.17) is 0 Å². The summed E-state index contributed by atoms with van der Waals surface area (Å²) in [6, 6.07) is 5.24. The predicted molar refractivity (Wildman–Crippen MR) is 71.8 cm³/mol. The van der Waals surface area contributed by atoms with E-state index in [-0.39, 0.29) is 54.2 Å². The van der Waals surface area contributed by atoms with Crippen LogP contribution < -0.4 is 0 Å². The van der Waals surface area contributed by atoms with Crippen LogP contribution in [0.25, 0.3) is 10.8 Å². The first-order chi connectivity index (χ1) is 10.3. The average molecular weight is 400 g/mol. The van der Waals surface area contributed by atoms with Gasteiger partial charge < -0.3 is 20.4 Å². The standard InChI is InChI=1S/C14H8O8.2Ti/c15-11(16)7-5-3-1-2-4-6(5)8(12(17)18)10(14(21)22)9(7)13(19)20;;/h1-4H,(H,15,16)(H,17,18)(H,19,20)(H,21,22);;. The first-order valence-electron chi connectivity index (χ1n) is 5.79. The van der Waals surface area contributed by atoms with Crippen LogP contribution in [-0.4, -0.2) is 44.3 Å². The number of carboxylic acid groups (broad SMARTS) is 4. The molecule has 0 amide bonds. The van der Waals surface area contributed by atoms with Crippen molar-refractivity contribution in [1.82, 2.24) is 0 Å². The minimum absolute atomic E-state index is 0. The van der Waals surface area contributed by atoms with Gasteiger partial charge in [0, 0.05) is 43.4 Å². The Morgan fingerprint density at radius 3 is 1.00 bits per heavy atom. The van der Waals surface area contributed by atoms with E-state index in [1.165, 1.54) is 24.3 Å². The quantitative estimate of drug-likeness (QED) is 0.566. The summed E-state index contributed by atoms with van der Waals surface area (Å²) >= 11 is 0. The zero-order valence-corrected chi connectivity index (χ0v) is 14.9. The molecule has 0 aromatic heterocycles. The molecule has 0 spiro atoms. The van der Waals surface area contributed by atoms with E-state index in [1.807, 2.05) is 0 Å². The first kappa shape index (κ1) is 22.0. The third-order valence-corrected chi connectivity index (χ3v) is 3.07. The van der Waals surface area contributed by atoms with Gasteiger partial charge in [-0.1, -0.05) is 24.3 Å². The SMILES string of the molecule is O=C(O)c1c(C(=O)O)c(C(=O)O)c2ccccc2c1C(=O)O.[Ti].[Ti]. The Kier molecular flexibility index (Phi) is 7.53. The summed E-state index contributed by atoms with van der Waals surface area (Å²) in [5.74, 6) is -6.98. The number of hydrogen-bond acceptors (Lipinski definition) is 4. The van der Waals surface area contributed by atoms with Gasteiger partial charge in [0.25, 0.3) is 0 Å². The maximum Gasteiger partial charge on any atom is 0.337 e. The molecule has 120 valence electrons. The number of hydrogen-bond donors (Lipinski definition) is 4. The molecule has 0 aliphatic carbocycles. The number of carboxylic acids is 4. The molecule has 0 saturated carbocycles. The summed E-state index contributed by atoms with van der Waals surface area (Å²) < 4.78 is 0. The smallest absolute Gasteiger partial charge is 0.337 e. The van der Waals surface area contributed by atoms with Crippen molar-refractivity contribution >= 4 is 34.6 Å². The van der Waals surface area contributed by atoms with Crippen molar-refractivity contribution in [3.63, 3.8) is 0 Å². The van der Waals surface area contributed by atoms with Crippen molar-refractivity contribution in [2.75, 3.05) is 0 Å². The maximum atomic E-state index is 11.4. The molecule has 0 radical (unpaired) electrons. The summed E-state index contributed by atoms with van der Waals surface area (Å²) in [6.45, 7) is 0. The van der Waals surface area contributed by atoms with Gasteiger partial charge in [0.2, 0.25) is 0 Å². The van der Waals surface area contributed by atoms with Crippen LogP contribution in [0.5, 0.6) is 0 Å². The van der Waals surface area contributed by atoms with Crippen LogP contribution in [0.3, 0.4) is 0 Å². The van der Waals surface area contributed by atoms with Crippen molar-refractivity contribution in [2.24, 2.45) is 0 Å². The summed E-state index contributed by atoms with van der Waals surface area (Å²) in [5.41, 5.74) is -3.64. The fourth-order valence-electron chi connectivity index (χ4n) is 2.31. The van der Waals surface area contributed by atoms with Crippen molar-refractivity contribution in [3.8, 4) is 0 Å². The Labute approximate surface area is 163 Å². The van der Waals surface area contributed by atoms with Crippen molar-refractivity contribution < 1.29 is 83.0 Å². The second kappa shape index (κ2) is 8.21. The molecule has 4 N–H and O–H groups in total. The van der Waals surface area contributed by atoms with Gasteiger partial charge in [0.05, 0.1) is 22.3 Å². The monoisotopic (exact) mass is 400 g/mol. The van der Waals surface area contributed by atoms with Gasteiger partial charge in [0.1, 0.15) is 0 Å². The van der Waals surface area contributed by atoms with E-state index in [0.29, 0.717) is 0 Å². The second-order valence-corrected chi connectivity index (χ2v) is 4.27. The van der Waals surface area contributed by atoms with Crippen LogP contribution in [0.1, 0.15) is 41.4 Å². The molecule has 0 unspecified atom stereocenters. The van der Waals surface area contributed by atoms with Crippen LogP contribution in [0.4, 0.5) is 0 Å². The summed E-state index contributed by atoms with van der Waals surface area (Å²) in [7, 11) is 0. The Balaban J connectivity index is 0.00000264. The molecule has 24 heavy (non-hydrogen) atoms. The van der Waals surface area contributed by atoms with E-state index < -0.39 is 46.1 Å². The second-order valence-electron chi connectivity index (χ2n) is 4.27. The van der Waals surface area contributed by atoms with Gasteiger partial charge in [-0.15, -0.1) is 0 Å². The zero-order chi connectivity index (χ0) is 16.6. The molecule has 10 heteroatoms. The van der Waals surface area contributed by atoms with Crippen LogP contribution >= 0.6 is 0 Å². The molecule has 2 aromatic rings. The van der Waals surface area contributed by atoms with Crippen molar-refractivity contribution in [3.05, 3.63) is 46.5 Å². The molecular formula is C14H8O8Ti2. The summed E-state index contributed by atoms with van der Waals surface area (Å²) in [4.78, 5) is 45.5. The molecule has 2 rings (SSSR count). The van der Waals surface area contributed by atoms with E-state index in [9.17, 15) is 39.6 Å². The third kappa shape index (κ3) is 3.57. The maximum absolute atomic E-state index is 11.4. The van der Waals surface area contributed by atoms with Crippen LogP contribution in [0, 0.1) is 0 Å². The fourth-order valence-corrected chi connectivity index (χ4v) is 2.31. The molecule has 0 fully saturated rings. The average Bonchev–Trinajstić information content (AvgIpc) is 2.43. The number of rotatable bonds is 4. The Bertz CT molecular complexity index is 789. The van der Waals surface area contributed by atoms with Gasteiger partial charge in [-0.25, -0.2) is 19.2 Å². The van der Waals surface area contributed by atoms with E-state index >= 15 is 0 Å². The minimum Gasteiger partial charge on any atom is -0.478 e. The summed E-state index contributed by atoms with van der Waals surface area (Å²) in [6.07, 6.45) is 0. The molecule has 0 heterocycles. The third-order valence-electron chi connectivity index (χ3n) is 3.07.